The van der Waals surface area contributed by atoms with Gasteiger partial charge in [0.05, 0.1) is 24.9 Å². The number of pyridine rings is 1. The monoisotopic (exact) mass is 463 g/mol. The molecule has 8 heteroatoms. The molecule has 0 amide bonds. The molecule has 1 aliphatic rings. The standard InChI is InChI=1S/C25H29N5O2S/c1-28(2)18-11-13-19(14-12-18)29-16-6-9-21(29)24-23(20-8-4-5-15-26-20)27-25(33)30(24)17-7-10-22(31)32-3/h4-6,8-9,11-16,23-24H,7,10,17H2,1-3H3,(H,27,33)/t23-,24-/m1/s1. The van der Waals surface area contributed by atoms with Crippen LogP contribution in [0.2, 0.25) is 0 Å². The van der Waals surface area contributed by atoms with Gasteiger partial charge in [0.15, 0.2) is 5.11 Å². The number of ether oxygens (including phenoxy) is 1. The van der Waals surface area contributed by atoms with E-state index in [9.17, 15) is 4.79 Å². The Hall–Kier alpha value is -3.39. The van der Waals surface area contributed by atoms with Gasteiger partial charge in [-0.1, -0.05) is 6.07 Å². The Balaban J connectivity index is 1.70. The minimum atomic E-state index is -0.213. The van der Waals surface area contributed by atoms with Crippen molar-refractivity contribution in [1.82, 2.24) is 19.8 Å². The zero-order valence-corrected chi connectivity index (χ0v) is 20.0. The lowest BCUT2D eigenvalue weighted by Gasteiger charge is -2.29. The van der Waals surface area contributed by atoms with Crippen molar-refractivity contribution in [3.63, 3.8) is 0 Å². The molecule has 2 atom stereocenters. The van der Waals surface area contributed by atoms with E-state index in [0.717, 1.165) is 22.8 Å². The summed E-state index contributed by atoms with van der Waals surface area (Å²) in [6, 6.07) is 18.4. The maximum atomic E-state index is 11.7. The van der Waals surface area contributed by atoms with Gasteiger partial charge in [0.25, 0.3) is 0 Å². The predicted octanol–water partition coefficient (Wildman–Crippen LogP) is 3.86. The van der Waals surface area contributed by atoms with Crippen molar-refractivity contribution in [2.24, 2.45) is 0 Å². The lowest BCUT2D eigenvalue weighted by molar-refractivity contribution is -0.140. The molecule has 1 aromatic carbocycles. The van der Waals surface area contributed by atoms with E-state index in [0.29, 0.717) is 24.5 Å². The Bertz CT molecular complexity index is 1100. The lowest BCUT2D eigenvalue weighted by Crippen LogP contribution is -2.31. The molecule has 0 bridgehead atoms. The minimum Gasteiger partial charge on any atom is -0.469 e. The number of esters is 1. The predicted molar refractivity (Wildman–Crippen MR) is 134 cm³/mol. The Kier molecular flexibility index (Phi) is 6.93. The molecular weight excluding hydrogens is 434 g/mol. The first-order valence-corrected chi connectivity index (χ1v) is 11.4. The number of aromatic nitrogens is 2. The van der Waals surface area contributed by atoms with E-state index in [-0.39, 0.29) is 18.1 Å². The molecular formula is C25H29N5O2S. The number of methoxy groups -OCH3 is 1. The van der Waals surface area contributed by atoms with E-state index in [2.05, 4.69) is 67.3 Å². The molecule has 0 aliphatic carbocycles. The molecule has 1 N–H and O–H groups in total. The van der Waals surface area contributed by atoms with Crippen LogP contribution >= 0.6 is 12.2 Å². The third-order valence-corrected chi connectivity index (χ3v) is 6.29. The van der Waals surface area contributed by atoms with Crippen LogP contribution in [0.1, 0.15) is 36.3 Å². The third-order valence-electron chi connectivity index (χ3n) is 5.93. The van der Waals surface area contributed by atoms with Gasteiger partial charge in [0.2, 0.25) is 0 Å². The van der Waals surface area contributed by atoms with Crippen LogP contribution in [0.4, 0.5) is 5.69 Å². The van der Waals surface area contributed by atoms with Crippen LogP contribution in [0.25, 0.3) is 5.69 Å². The van der Waals surface area contributed by atoms with E-state index >= 15 is 0 Å². The van der Waals surface area contributed by atoms with E-state index in [1.165, 1.54) is 7.11 Å². The van der Waals surface area contributed by atoms with E-state index in [4.69, 9.17) is 17.0 Å². The molecule has 0 spiro atoms. The fraction of sp³-hybridized carbons (Fsp3) is 0.320. The van der Waals surface area contributed by atoms with Crippen LogP contribution in [-0.4, -0.2) is 53.3 Å². The molecule has 2 aromatic heterocycles. The molecule has 33 heavy (non-hydrogen) atoms. The van der Waals surface area contributed by atoms with Gasteiger partial charge in [-0.15, -0.1) is 0 Å². The Morgan fingerprint density at radius 2 is 1.94 bits per heavy atom. The average Bonchev–Trinajstić information content (AvgIpc) is 3.44. The number of nitrogens with zero attached hydrogens (tertiary/aromatic N) is 4. The molecule has 7 nitrogen and oxygen atoms in total. The van der Waals surface area contributed by atoms with Crippen molar-refractivity contribution in [3.05, 3.63) is 78.4 Å². The van der Waals surface area contributed by atoms with Crippen LogP contribution in [0.3, 0.4) is 0 Å². The number of anilines is 1. The summed E-state index contributed by atoms with van der Waals surface area (Å²) in [6.07, 6.45) is 4.88. The largest absolute Gasteiger partial charge is 0.469 e. The first-order valence-electron chi connectivity index (χ1n) is 11.0. The second-order valence-corrected chi connectivity index (χ2v) is 8.60. The van der Waals surface area contributed by atoms with E-state index in [1.807, 2.05) is 32.3 Å². The molecule has 4 rings (SSSR count). The lowest BCUT2D eigenvalue weighted by atomic mass is 10.0. The molecule has 172 valence electrons. The SMILES string of the molecule is COC(=O)CCCN1C(=S)N[C@H](c2ccccn2)[C@H]1c1cccn1-c1ccc(N(C)C)cc1. The molecule has 1 aliphatic heterocycles. The number of hydrogen-bond acceptors (Lipinski definition) is 5. The number of carbonyl (C=O) groups excluding carboxylic acids is 1. The summed E-state index contributed by atoms with van der Waals surface area (Å²) in [5, 5.41) is 4.14. The third kappa shape index (κ3) is 4.85. The highest BCUT2D eigenvalue weighted by molar-refractivity contribution is 7.80. The number of nitrogens with one attached hydrogen (secondary N) is 1. The van der Waals surface area contributed by atoms with Crippen molar-refractivity contribution in [2.75, 3.05) is 32.6 Å². The van der Waals surface area contributed by atoms with Gasteiger partial charge in [-0.25, -0.2) is 0 Å². The zero-order valence-electron chi connectivity index (χ0n) is 19.1. The normalized spacial score (nSPS) is 17.7. The van der Waals surface area contributed by atoms with Crippen LogP contribution < -0.4 is 10.2 Å². The second kappa shape index (κ2) is 10.0. The van der Waals surface area contributed by atoms with Crippen molar-refractivity contribution in [1.29, 1.82) is 0 Å². The molecule has 3 aromatic rings. The number of benzene rings is 1. The summed E-state index contributed by atoms with van der Waals surface area (Å²) in [5.41, 5.74) is 4.25. The Morgan fingerprint density at radius 1 is 1.15 bits per heavy atom. The fourth-order valence-corrected chi connectivity index (χ4v) is 4.58. The first-order chi connectivity index (χ1) is 16.0. The number of carbonyl (C=O) groups is 1. The zero-order chi connectivity index (χ0) is 23.4. The molecule has 1 saturated heterocycles. The van der Waals surface area contributed by atoms with Gasteiger partial charge in [0, 0.05) is 56.5 Å². The van der Waals surface area contributed by atoms with E-state index < -0.39 is 0 Å². The summed E-state index contributed by atoms with van der Waals surface area (Å²) in [7, 11) is 5.48. The molecule has 0 saturated carbocycles. The van der Waals surface area contributed by atoms with Crippen molar-refractivity contribution < 1.29 is 9.53 Å². The first kappa shape index (κ1) is 22.8. The van der Waals surface area contributed by atoms with Gasteiger partial charge in [-0.05, 0) is 67.2 Å². The number of hydrogen-bond donors (Lipinski definition) is 1. The van der Waals surface area contributed by atoms with Crippen LogP contribution in [0.15, 0.2) is 67.0 Å². The summed E-state index contributed by atoms with van der Waals surface area (Å²) in [5.74, 6) is -0.213. The fourth-order valence-electron chi connectivity index (χ4n) is 4.25. The summed E-state index contributed by atoms with van der Waals surface area (Å²) in [4.78, 5) is 20.5. The van der Waals surface area contributed by atoms with Gasteiger partial charge < -0.3 is 24.4 Å². The summed E-state index contributed by atoms with van der Waals surface area (Å²) in [6.45, 7) is 0.639. The quantitative estimate of drug-likeness (QED) is 0.402. The second-order valence-electron chi connectivity index (χ2n) is 8.21. The van der Waals surface area contributed by atoms with Gasteiger partial charge in [0.1, 0.15) is 0 Å². The molecule has 0 unspecified atom stereocenters. The topological polar surface area (TPSA) is 62.6 Å². The highest BCUT2D eigenvalue weighted by atomic mass is 32.1. The average molecular weight is 464 g/mol. The maximum absolute atomic E-state index is 11.7. The van der Waals surface area contributed by atoms with Gasteiger partial charge in [-0.2, -0.15) is 0 Å². The highest BCUT2D eigenvalue weighted by Crippen LogP contribution is 2.39. The number of thiocarbonyl (C=S) groups is 1. The summed E-state index contributed by atoms with van der Waals surface area (Å²) < 4.78 is 7.01. The highest BCUT2D eigenvalue weighted by Gasteiger charge is 2.41. The van der Waals surface area contributed by atoms with Crippen LogP contribution in [0, 0.1) is 0 Å². The van der Waals surface area contributed by atoms with Crippen molar-refractivity contribution in [3.8, 4) is 5.69 Å². The Labute approximate surface area is 200 Å². The van der Waals surface area contributed by atoms with E-state index in [1.54, 1.807) is 6.20 Å². The molecule has 3 heterocycles. The maximum Gasteiger partial charge on any atom is 0.305 e. The summed E-state index contributed by atoms with van der Waals surface area (Å²) >= 11 is 5.74. The van der Waals surface area contributed by atoms with Gasteiger partial charge >= 0.3 is 5.97 Å². The molecule has 1 fully saturated rings. The number of rotatable bonds is 8. The smallest absolute Gasteiger partial charge is 0.305 e. The van der Waals surface area contributed by atoms with Crippen molar-refractivity contribution in [2.45, 2.75) is 24.9 Å². The van der Waals surface area contributed by atoms with Crippen LogP contribution in [0.5, 0.6) is 0 Å². The Morgan fingerprint density at radius 3 is 2.61 bits per heavy atom. The van der Waals surface area contributed by atoms with Gasteiger partial charge in [-0.3, -0.25) is 9.78 Å². The van der Waals surface area contributed by atoms with Crippen LogP contribution in [-0.2, 0) is 9.53 Å². The molecule has 0 radical (unpaired) electrons. The minimum absolute atomic E-state index is 0.0754. The van der Waals surface area contributed by atoms with Crippen molar-refractivity contribution >= 4 is 29.0 Å².